The Kier molecular flexibility index (Phi) is 8.87. The van der Waals surface area contributed by atoms with Gasteiger partial charge < -0.3 is 0 Å². The minimum atomic E-state index is -0.222. The zero-order valence-electron chi connectivity index (χ0n) is 14.0. The predicted octanol–water partition coefficient (Wildman–Crippen LogP) is 6.26. The van der Waals surface area contributed by atoms with Gasteiger partial charge in [0.1, 0.15) is 0 Å². The monoisotopic (exact) mass is 395 g/mol. The van der Waals surface area contributed by atoms with Gasteiger partial charge in [0.05, 0.1) is 0 Å². The molecular weight excluding hydrogens is 373 g/mol. The number of benzene rings is 2. The smallest absolute Gasteiger partial charge is 0.147 e. The molecule has 0 saturated heterocycles. The molecule has 1 N–H and O–H groups in total. The van der Waals surface area contributed by atoms with Crippen molar-refractivity contribution >= 4 is 36.1 Å². The van der Waals surface area contributed by atoms with Crippen molar-refractivity contribution in [3.63, 3.8) is 0 Å². The molecule has 0 heterocycles. The Balaban J connectivity index is 0.00000144. The van der Waals surface area contributed by atoms with E-state index in [1.807, 2.05) is 0 Å². The number of anilines is 1. The number of hydrogen-bond acceptors (Lipinski definition) is 1. The van der Waals surface area contributed by atoms with E-state index in [1.165, 1.54) is 38.3 Å². The van der Waals surface area contributed by atoms with E-state index in [9.17, 15) is 0 Å². The van der Waals surface area contributed by atoms with E-state index >= 15 is 0 Å². The Morgan fingerprint density at radius 1 is 0.917 bits per heavy atom. The summed E-state index contributed by atoms with van der Waals surface area (Å²) in [6.07, 6.45) is 3.43. The zero-order chi connectivity index (χ0) is 15.4. The van der Waals surface area contributed by atoms with Crippen LogP contribution in [0.5, 0.6) is 0 Å². The molecule has 0 saturated carbocycles. The molecule has 1 aliphatic carbocycles. The van der Waals surface area contributed by atoms with Gasteiger partial charge in [-0.15, -0.1) is 24.8 Å². The van der Waals surface area contributed by atoms with E-state index in [0.717, 1.165) is 6.42 Å². The normalized spacial score (nSPS) is 12.8. The maximum Gasteiger partial charge on any atom is -0.147 e. The predicted molar refractivity (Wildman–Crippen MR) is 106 cm³/mol. The Hall–Kier alpha value is -0.986. The van der Waals surface area contributed by atoms with Crippen LogP contribution in [0.15, 0.2) is 71.8 Å². The van der Waals surface area contributed by atoms with Gasteiger partial charge in [0.25, 0.3) is 0 Å². The van der Waals surface area contributed by atoms with Gasteiger partial charge in [0.2, 0.25) is 0 Å². The molecule has 1 aliphatic rings. The Morgan fingerprint density at radius 3 is 2.25 bits per heavy atom. The molecule has 1 nitrogen and oxygen atoms in total. The zero-order valence-corrected chi connectivity index (χ0v) is 17.2. The standard InChI is InChI=1S/C14H15.C6H6N.2ClH.Ti/c1-10-8-12(3)14(9-10)13-7-5-4-6-11(13)2;7-6-4-2-1-3-5-6;;;/h4-8H,2,9H2,1,3H3;1-5,7H;2*1H;/q;-1;;;+1. The fraction of sp³-hybridized carbons (Fsp3) is 0.200. The first-order valence-electron chi connectivity index (χ1n) is 7.73. The molecule has 24 heavy (non-hydrogen) atoms. The minimum Gasteiger partial charge on any atom is -0.147 e. The number of para-hydroxylation sites is 1. The molecule has 0 aromatic heterocycles. The SMILES string of the molecule is CC1=CC(C)=C(c2ccccc2[CH2][Ti][NH]c2ccccc2)C1.Cl.Cl. The maximum atomic E-state index is 3.63. The van der Waals surface area contributed by atoms with Gasteiger partial charge in [0, 0.05) is 0 Å². The largest absolute Gasteiger partial charge is 0.147 e. The van der Waals surface area contributed by atoms with Crippen LogP contribution in [0, 0.1) is 0 Å². The van der Waals surface area contributed by atoms with Gasteiger partial charge in [0.15, 0.2) is 0 Å². The van der Waals surface area contributed by atoms with Gasteiger partial charge in [-0.2, -0.15) is 0 Å². The van der Waals surface area contributed by atoms with Crippen molar-refractivity contribution < 1.29 is 19.4 Å². The third kappa shape index (κ3) is 5.26. The van der Waals surface area contributed by atoms with Crippen LogP contribution >= 0.6 is 24.8 Å². The first-order valence-corrected chi connectivity index (χ1v) is 9.61. The third-order valence-corrected chi connectivity index (χ3v) is 5.62. The molecule has 0 unspecified atom stereocenters. The van der Waals surface area contributed by atoms with E-state index in [4.69, 9.17) is 0 Å². The fourth-order valence-electron chi connectivity index (χ4n) is 2.97. The molecule has 0 fully saturated rings. The second-order valence-electron chi connectivity index (χ2n) is 5.83. The van der Waals surface area contributed by atoms with Crippen LogP contribution in [-0.2, 0) is 24.1 Å². The van der Waals surface area contributed by atoms with Gasteiger partial charge >= 0.3 is 142 Å². The van der Waals surface area contributed by atoms with Crippen molar-refractivity contribution in [3.8, 4) is 0 Å². The number of nitrogens with one attached hydrogen (secondary N) is 1. The van der Waals surface area contributed by atoms with E-state index in [-0.39, 0.29) is 44.2 Å². The van der Waals surface area contributed by atoms with Crippen LogP contribution in [0.25, 0.3) is 5.57 Å². The van der Waals surface area contributed by atoms with Gasteiger partial charge in [-0.1, -0.05) is 0 Å². The third-order valence-electron chi connectivity index (χ3n) is 4.02. The van der Waals surface area contributed by atoms with Crippen LogP contribution in [-0.4, -0.2) is 0 Å². The van der Waals surface area contributed by atoms with E-state index in [0.29, 0.717) is 0 Å². The summed E-state index contributed by atoms with van der Waals surface area (Å²) < 4.78 is 4.79. The van der Waals surface area contributed by atoms with E-state index < -0.39 is 0 Å². The van der Waals surface area contributed by atoms with Crippen LogP contribution in [0.1, 0.15) is 31.4 Å². The van der Waals surface area contributed by atoms with Crippen molar-refractivity contribution in [3.05, 3.63) is 82.9 Å². The molecular formula is C20H23Cl2NTi. The first kappa shape index (κ1) is 21.1. The fourth-order valence-corrected chi connectivity index (χ4v) is 4.46. The average molecular weight is 396 g/mol. The van der Waals surface area contributed by atoms with Crippen molar-refractivity contribution in [1.29, 1.82) is 0 Å². The van der Waals surface area contributed by atoms with Gasteiger partial charge in [-0.3, -0.25) is 0 Å². The maximum absolute atomic E-state index is 3.63. The Bertz CT molecular complexity index is 723. The molecule has 0 spiro atoms. The quantitative estimate of drug-likeness (QED) is 0.588. The molecule has 2 aromatic rings. The van der Waals surface area contributed by atoms with Crippen molar-refractivity contribution in [2.75, 3.05) is 3.80 Å². The molecule has 0 atom stereocenters. The molecule has 0 bridgehead atoms. The first-order chi connectivity index (χ1) is 10.7. The van der Waals surface area contributed by atoms with Crippen LogP contribution in [0.4, 0.5) is 5.69 Å². The number of halogens is 2. The minimum absolute atomic E-state index is 0. The summed E-state index contributed by atoms with van der Waals surface area (Å²) >= 11 is -0.222. The molecule has 0 aliphatic heterocycles. The van der Waals surface area contributed by atoms with Gasteiger partial charge in [-0.25, -0.2) is 0 Å². The number of rotatable bonds is 5. The molecule has 126 valence electrons. The van der Waals surface area contributed by atoms with Crippen LogP contribution in [0.3, 0.4) is 0 Å². The summed E-state index contributed by atoms with van der Waals surface area (Å²) in [5, 5.41) is 0. The Labute approximate surface area is 166 Å². The summed E-state index contributed by atoms with van der Waals surface area (Å²) in [5.74, 6) is 0. The molecule has 2 aromatic carbocycles. The molecule has 4 heteroatoms. The second-order valence-corrected chi connectivity index (χ2v) is 7.33. The molecule has 0 amide bonds. The summed E-state index contributed by atoms with van der Waals surface area (Å²) in [6.45, 7) is 4.46. The Morgan fingerprint density at radius 2 is 1.58 bits per heavy atom. The van der Waals surface area contributed by atoms with Crippen LogP contribution in [0.2, 0.25) is 0 Å². The van der Waals surface area contributed by atoms with Gasteiger partial charge in [-0.05, 0) is 0 Å². The molecule has 0 radical (unpaired) electrons. The van der Waals surface area contributed by atoms with Crippen molar-refractivity contribution in [2.45, 2.75) is 25.0 Å². The number of hydrogen-bond donors (Lipinski definition) is 1. The summed E-state index contributed by atoms with van der Waals surface area (Å²) in [5.41, 5.74) is 8.60. The molecule has 3 rings (SSSR count). The average Bonchev–Trinajstić information content (AvgIpc) is 2.87. The summed E-state index contributed by atoms with van der Waals surface area (Å²) in [6, 6.07) is 19.4. The number of allylic oxidation sites excluding steroid dienone is 4. The van der Waals surface area contributed by atoms with Crippen LogP contribution < -0.4 is 3.80 Å². The van der Waals surface area contributed by atoms with E-state index in [1.54, 1.807) is 0 Å². The summed E-state index contributed by atoms with van der Waals surface area (Å²) in [4.78, 5) is 0. The van der Waals surface area contributed by atoms with Crippen molar-refractivity contribution in [1.82, 2.24) is 0 Å². The topological polar surface area (TPSA) is 12.0 Å². The van der Waals surface area contributed by atoms with Crippen molar-refractivity contribution in [2.24, 2.45) is 0 Å². The second kappa shape index (κ2) is 10.1. The summed E-state index contributed by atoms with van der Waals surface area (Å²) in [7, 11) is 0. The van der Waals surface area contributed by atoms with E-state index in [2.05, 4.69) is 78.3 Å².